The molecule has 3 aromatic carbocycles. The van der Waals surface area contributed by atoms with Gasteiger partial charge in [0.05, 0.1) is 34.9 Å². The Bertz CT molecular complexity index is 1260. The predicted octanol–water partition coefficient (Wildman–Crippen LogP) is 5.83. The van der Waals surface area contributed by atoms with E-state index in [-0.39, 0.29) is 5.91 Å². The molecule has 180 valence electrons. The van der Waals surface area contributed by atoms with Gasteiger partial charge in [-0.15, -0.1) is 0 Å². The van der Waals surface area contributed by atoms with Crippen LogP contribution in [0.5, 0.6) is 0 Å². The van der Waals surface area contributed by atoms with Gasteiger partial charge >= 0.3 is 0 Å². The summed E-state index contributed by atoms with van der Waals surface area (Å²) in [5, 5.41) is 1.38. The van der Waals surface area contributed by atoms with Crippen molar-refractivity contribution in [1.82, 2.24) is 9.88 Å². The lowest BCUT2D eigenvalue weighted by atomic mass is 10.0. The maximum atomic E-state index is 13.6. The number of rotatable bonds is 7. The first kappa shape index (κ1) is 23.9. The third-order valence-electron chi connectivity index (χ3n) is 6.38. The third kappa shape index (κ3) is 5.57. The van der Waals surface area contributed by atoms with Gasteiger partial charge < -0.3 is 4.74 Å². The number of carbonyl (C=O) groups is 1. The van der Waals surface area contributed by atoms with Crippen LogP contribution in [0.4, 0.5) is 5.13 Å². The third-order valence-corrected chi connectivity index (χ3v) is 7.92. The molecule has 5 nitrogen and oxygen atoms in total. The molecule has 0 saturated carbocycles. The molecule has 1 aromatic heterocycles. The Kier molecular flexibility index (Phi) is 7.44. The van der Waals surface area contributed by atoms with E-state index >= 15 is 0 Å². The van der Waals surface area contributed by atoms with Crippen LogP contribution in [0.1, 0.15) is 11.1 Å². The van der Waals surface area contributed by atoms with E-state index in [1.54, 1.807) is 0 Å². The Morgan fingerprint density at radius 2 is 1.74 bits per heavy atom. The Morgan fingerprint density at radius 1 is 1.03 bits per heavy atom. The summed E-state index contributed by atoms with van der Waals surface area (Å²) in [5.41, 5.74) is 5.22. The summed E-state index contributed by atoms with van der Waals surface area (Å²) < 4.78 is 6.41. The highest BCUT2D eigenvalue weighted by molar-refractivity contribution is 7.23. The number of morpholine rings is 1. The van der Waals surface area contributed by atoms with Gasteiger partial charge in [-0.2, -0.15) is 0 Å². The zero-order valence-electron chi connectivity index (χ0n) is 19.7. The van der Waals surface area contributed by atoms with Crippen molar-refractivity contribution in [3.63, 3.8) is 0 Å². The number of hydrogen-bond acceptors (Lipinski definition) is 5. The minimum absolute atomic E-state index is 0.0403. The van der Waals surface area contributed by atoms with Gasteiger partial charge in [-0.05, 0) is 35.2 Å². The molecule has 1 amide bonds. The minimum atomic E-state index is 0.0403. The average Bonchev–Trinajstić information content (AvgIpc) is 3.35. The second-order valence-corrected chi connectivity index (χ2v) is 10.2. The Labute approximate surface area is 214 Å². The van der Waals surface area contributed by atoms with Crippen LogP contribution < -0.4 is 4.90 Å². The molecule has 7 heteroatoms. The Hall–Kier alpha value is -2.77. The number of halogens is 1. The molecule has 0 radical (unpaired) electrons. The molecule has 0 aliphatic carbocycles. The first-order chi connectivity index (χ1) is 17.1. The van der Waals surface area contributed by atoms with Gasteiger partial charge in [-0.1, -0.05) is 83.6 Å². The maximum Gasteiger partial charge on any atom is 0.233 e. The van der Waals surface area contributed by atoms with Crippen LogP contribution in [0, 0.1) is 6.92 Å². The molecular formula is C28H28ClN3O2S. The number of fused-ring (bicyclic) bond motifs is 1. The van der Waals surface area contributed by atoms with E-state index in [1.165, 1.54) is 16.9 Å². The summed E-state index contributed by atoms with van der Waals surface area (Å²) in [6.45, 7) is 6.62. The normalized spacial score (nSPS) is 14.3. The largest absolute Gasteiger partial charge is 0.379 e. The van der Waals surface area contributed by atoms with Crippen molar-refractivity contribution < 1.29 is 9.53 Å². The summed E-state index contributed by atoms with van der Waals surface area (Å²) in [5.74, 6) is 0.0403. The van der Waals surface area contributed by atoms with Crippen molar-refractivity contribution in [3.05, 3.63) is 82.9 Å². The van der Waals surface area contributed by atoms with Gasteiger partial charge in [-0.25, -0.2) is 4.98 Å². The molecule has 2 heterocycles. The van der Waals surface area contributed by atoms with Gasteiger partial charge in [0, 0.05) is 26.2 Å². The fraction of sp³-hybridized carbons (Fsp3) is 0.286. The van der Waals surface area contributed by atoms with E-state index in [0.717, 1.165) is 59.8 Å². The summed E-state index contributed by atoms with van der Waals surface area (Å²) in [6.07, 6.45) is 0.320. The monoisotopic (exact) mass is 505 g/mol. The topological polar surface area (TPSA) is 45.7 Å². The predicted molar refractivity (Wildman–Crippen MR) is 145 cm³/mol. The number of benzene rings is 3. The van der Waals surface area contributed by atoms with E-state index in [4.69, 9.17) is 21.3 Å². The maximum absolute atomic E-state index is 13.6. The highest BCUT2D eigenvalue weighted by Crippen LogP contribution is 2.36. The molecule has 4 aromatic rings. The number of aryl methyl sites for hydroxylation is 1. The molecular weight excluding hydrogens is 478 g/mol. The smallest absolute Gasteiger partial charge is 0.233 e. The summed E-state index contributed by atoms with van der Waals surface area (Å²) in [6, 6.07) is 22.4. The molecule has 35 heavy (non-hydrogen) atoms. The highest BCUT2D eigenvalue weighted by atomic mass is 35.5. The average molecular weight is 506 g/mol. The van der Waals surface area contributed by atoms with E-state index in [1.807, 2.05) is 54.3 Å². The Balaban J connectivity index is 1.38. The molecule has 1 saturated heterocycles. The van der Waals surface area contributed by atoms with Crippen molar-refractivity contribution >= 4 is 44.2 Å². The number of carbonyl (C=O) groups excluding carboxylic acids is 1. The number of nitrogens with zero attached hydrogens (tertiary/aromatic N) is 3. The van der Waals surface area contributed by atoms with Gasteiger partial charge in [0.15, 0.2) is 5.13 Å². The van der Waals surface area contributed by atoms with Crippen LogP contribution in [-0.2, 0) is 16.0 Å². The quantitative estimate of drug-likeness (QED) is 0.317. The molecule has 0 N–H and O–H groups in total. The summed E-state index contributed by atoms with van der Waals surface area (Å²) >= 11 is 7.96. The van der Waals surface area contributed by atoms with Gasteiger partial charge in [0.2, 0.25) is 5.91 Å². The molecule has 0 unspecified atom stereocenters. The number of thiazole rings is 1. The minimum Gasteiger partial charge on any atom is -0.379 e. The molecule has 1 aliphatic rings. The first-order valence-electron chi connectivity index (χ1n) is 11.9. The van der Waals surface area contributed by atoms with E-state index in [9.17, 15) is 4.79 Å². The van der Waals surface area contributed by atoms with Crippen molar-refractivity contribution in [2.75, 3.05) is 44.3 Å². The van der Waals surface area contributed by atoms with Crippen LogP contribution in [0.3, 0.4) is 0 Å². The fourth-order valence-corrected chi connectivity index (χ4v) is 5.68. The zero-order chi connectivity index (χ0) is 24.2. The number of anilines is 1. The lowest BCUT2D eigenvalue weighted by molar-refractivity contribution is -0.118. The van der Waals surface area contributed by atoms with Crippen LogP contribution in [0.25, 0.3) is 21.3 Å². The molecule has 0 bridgehead atoms. The lowest BCUT2D eigenvalue weighted by Gasteiger charge is -2.29. The lowest BCUT2D eigenvalue weighted by Crippen LogP contribution is -2.43. The fourth-order valence-electron chi connectivity index (χ4n) is 4.32. The van der Waals surface area contributed by atoms with Crippen LogP contribution in [0.15, 0.2) is 66.7 Å². The molecule has 5 rings (SSSR count). The van der Waals surface area contributed by atoms with Crippen molar-refractivity contribution in [1.29, 1.82) is 0 Å². The molecule has 0 atom stereocenters. The number of ether oxygens (including phenoxy) is 1. The number of hydrogen-bond donors (Lipinski definition) is 0. The SMILES string of the molecule is Cc1ccc(Cl)c2sc(N(CCN3CCOCC3)C(=O)Cc3ccc(-c4ccccc4)cc3)nc12. The molecule has 0 spiro atoms. The summed E-state index contributed by atoms with van der Waals surface area (Å²) in [7, 11) is 0. The zero-order valence-corrected chi connectivity index (χ0v) is 21.3. The van der Waals surface area contributed by atoms with Gasteiger partial charge in [0.1, 0.15) is 0 Å². The standard InChI is InChI=1S/C28H28ClN3O2S/c1-20-7-12-24(29)27-26(20)30-28(35-27)32(14-13-31-15-17-34-18-16-31)25(33)19-21-8-10-23(11-9-21)22-5-3-2-4-6-22/h2-12H,13-19H2,1H3. The van der Waals surface area contributed by atoms with Gasteiger partial charge in [0.25, 0.3) is 0 Å². The summed E-state index contributed by atoms with van der Waals surface area (Å²) in [4.78, 5) is 22.6. The molecule has 1 aliphatic heterocycles. The Morgan fingerprint density at radius 3 is 2.46 bits per heavy atom. The van der Waals surface area contributed by atoms with Crippen LogP contribution >= 0.6 is 22.9 Å². The highest BCUT2D eigenvalue weighted by Gasteiger charge is 2.23. The van der Waals surface area contributed by atoms with Crippen LogP contribution in [0.2, 0.25) is 5.02 Å². The van der Waals surface area contributed by atoms with Crippen molar-refractivity contribution in [3.8, 4) is 11.1 Å². The number of amides is 1. The molecule has 1 fully saturated rings. The van der Waals surface area contributed by atoms with Crippen molar-refractivity contribution in [2.24, 2.45) is 0 Å². The number of aromatic nitrogens is 1. The second kappa shape index (κ2) is 10.9. The van der Waals surface area contributed by atoms with Crippen molar-refractivity contribution in [2.45, 2.75) is 13.3 Å². The van der Waals surface area contributed by atoms with E-state index in [2.05, 4.69) is 29.2 Å². The second-order valence-electron chi connectivity index (χ2n) is 8.78. The van der Waals surface area contributed by atoms with Crippen LogP contribution in [-0.4, -0.2) is 55.2 Å². The van der Waals surface area contributed by atoms with Gasteiger partial charge in [-0.3, -0.25) is 14.6 Å². The van der Waals surface area contributed by atoms with E-state index in [0.29, 0.717) is 23.1 Å². The van der Waals surface area contributed by atoms with E-state index < -0.39 is 0 Å². The first-order valence-corrected chi connectivity index (χ1v) is 13.1.